The minimum Gasteiger partial charge on any atom is -0.330 e. The Morgan fingerprint density at radius 1 is 1.19 bits per heavy atom. The third-order valence-corrected chi connectivity index (χ3v) is 4.38. The SMILES string of the molecule is Cc1cc2nc(C(C)N(C)C)n(CCCCN)c2cc1C. The highest BCUT2D eigenvalue weighted by Gasteiger charge is 2.18. The summed E-state index contributed by atoms with van der Waals surface area (Å²) >= 11 is 0. The predicted octanol–water partition coefficient (Wildman–Crippen LogP) is 3.01. The molecule has 2 aromatic rings. The van der Waals surface area contributed by atoms with Gasteiger partial charge < -0.3 is 10.3 Å². The van der Waals surface area contributed by atoms with Gasteiger partial charge in [0, 0.05) is 6.54 Å². The maximum atomic E-state index is 5.64. The van der Waals surface area contributed by atoms with Crippen LogP contribution in [-0.4, -0.2) is 35.1 Å². The minimum absolute atomic E-state index is 0.302. The second-order valence-corrected chi connectivity index (χ2v) is 6.18. The molecule has 4 heteroatoms. The molecule has 0 amide bonds. The van der Waals surface area contributed by atoms with Crippen molar-refractivity contribution in [3.63, 3.8) is 0 Å². The molecule has 2 rings (SSSR count). The number of rotatable bonds is 6. The van der Waals surface area contributed by atoms with Gasteiger partial charge in [0.05, 0.1) is 17.1 Å². The highest BCUT2D eigenvalue weighted by molar-refractivity contribution is 5.78. The van der Waals surface area contributed by atoms with E-state index in [9.17, 15) is 0 Å². The van der Waals surface area contributed by atoms with Crippen LogP contribution in [0.5, 0.6) is 0 Å². The van der Waals surface area contributed by atoms with E-state index in [1.54, 1.807) is 0 Å². The molecule has 0 aliphatic carbocycles. The van der Waals surface area contributed by atoms with E-state index in [1.807, 2.05) is 0 Å². The molecular formula is C17H28N4. The highest BCUT2D eigenvalue weighted by atomic mass is 15.2. The number of imidazole rings is 1. The average Bonchev–Trinajstić information content (AvgIpc) is 2.77. The van der Waals surface area contributed by atoms with Crippen molar-refractivity contribution in [1.82, 2.24) is 14.5 Å². The molecule has 0 bridgehead atoms. The van der Waals surface area contributed by atoms with Gasteiger partial charge in [-0.2, -0.15) is 0 Å². The van der Waals surface area contributed by atoms with Crippen LogP contribution < -0.4 is 5.73 Å². The van der Waals surface area contributed by atoms with E-state index in [0.717, 1.165) is 37.3 Å². The summed E-state index contributed by atoms with van der Waals surface area (Å²) in [5.74, 6) is 1.15. The molecular weight excluding hydrogens is 260 g/mol. The lowest BCUT2D eigenvalue weighted by atomic mass is 10.1. The largest absolute Gasteiger partial charge is 0.330 e. The van der Waals surface area contributed by atoms with Crippen LogP contribution in [0.4, 0.5) is 0 Å². The fourth-order valence-electron chi connectivity index (χ4n) is 2.60. The predicted molar refractivity (Wildman–Crippen MR) is 89.6 cm³/mol. The van der Waals surface area contributed by atoms with Crippen molar-refractivity contribution in [1.29, 1.82) is 0 Å². The van der Waals surface area contributed by atoms with Crippen molar-refractivity contribution in [2.75, 3.05) is 20.6 Å². The lowest BCUT2D eigenvalue weighted by Gasteiger charge is -2.20. The molecule has 1 unspecified atom stereocenters. The maximum Gasteiger partial charge on any atom is 0.126 e. The van der Waals surface area contributed by atoms with Crippen molar-refractivity contribution in [3.05, 3.63) is 29.1 Å². The van der Waals surface area contributed by atoms with E-state index in [1.165, 1.54) is 16.6 Å². The average molecular weight is 288 g/mol. The summed E-state index contributed by atoms with van der Waals surface area (Å²) in [7, 11) is 4.20. The zero-order valence-corrected chi connectivity index (χ0v) is 14.0. The van der Waals surface area contributed by atoms with E-state index in [2.05, 4.69) is 56.5 Å². The standard InChI is InChI=1S/C17H28N4/c1-12-10-15-16(11-13(12)2)21(9-7-6-8-18)17(19-15)14(3)20(4)5/h10-11,14H,6-9,18H2,1-5H3. The van der Waals surface area contributed by atoms with Crippen molar-refractivity contribution < 1.29 is 0 Å². The molecule has 0 saturated heterocycles. The summed E-state index contributed by atoms with van der Waals surface area (Å²) in [6, 6.07) is 4.78. The Hall–Kier alpha value is -1.39. The van der Waals surface area contributed by atoms with Crippen LogP contribution in [0.3, 0.4) is 0 Å². The monoisotopic (exact) mass is 288 g/mol. The number of aromatic nitrogens is 2. The van der Waals surface area contributed by atoms with E-state index < -0.39 is 0 Å². The number of hydrogen-bond acceptors (Lipinski definition) is 3. The number of hydrogen-bond donors (Lipinski definition) is 1. The quantitative estimate of drug-likeness (QED) is 0.831. The summed E-state index contributed by atoms with van der Waals surface area (Å²) < 4.78 is 2.38. The second kappa shape index (κ2) is 6.58. The number of aryl methyl sites for hydroxylation is 3. The fraction of sp³-hybridized carbons (Fsp3) is 0.588. The zero-order chi connectivity index (χ0) is 15.6. The van der Waals surface area contributed by atoms with Gasteiger partial charge in [0.1, 0.15) is 5.82 Å². The molecule has 0 aliphatic rings. The first-order valence-electron chi connectivity index (χ1n) is 7.79. The van der Waals surface area contributed by atoms with Crippen LogP contribution in [0.2, 0.25) is 0 Å². The normalized spacial score (nSPS) is 13.3. The Kier molecular flexibility index (Phi) is 5.01. The molecule has 116 valence electrons. The van der Waals surface area contributed by atoms with Crippen molar-refractivity contribution in [2.45, 2.75) is 46.2 Å². The van der Waals surface area contributed by atoms with E-state index in [4.69, 9.17) is 10.7 Å². The molecule has 1 aromatic heterocycles. The van der Waals surface area contributed by atoms with Crippen LogP contribution in [0.15, 0.2) is 12.1 Å². The van der Waals surface area contributed by atoms with Crippen molar-refractivity contribution in [3.8, 4) is 0 Å². The zero-order valence-electron chi connectivity index (χ0n) is 14.0. The summed E-state index contributed by atoms with van der Waals surface area (Å²) in [5.41, 5.74) is 10.6. The van der Waals surface area contributed by atoms with Gasteiger partial charge in [-0.1, -0.05) is 0 Å². The Morgan fingerprint density at radius 2 is 1.86 bits per heavy atom. The number of nitrogens with two attached hydrogens (primary N) is 1. The first-order valence-corrected chi connectivity index (χ1v) is 7.79. The van der Waals surface area contributed by atoms with Crippen LogP contribution in [-0.2, 0) is 6.54 Å². The molecule has 4 nitrogen and oxygen atoms in total. The molecule has 21 heavy (non-hydrogen) atoms. The molecule has 1 aromatic carbocycles. The lowest BCUT2D eigenvalue weighted by molar-refractivity contribution is 0.301. The van der Waals surface area contributed by atoms with Crippen LogP contribution in [0.25, 0.3) is 11.0 Å². The van der Waals surface area contributed by atoms with Gasteiger partial charge in [0.15, 0.2) is 0 Å². The first kappa shape index (κ1) is 16.0. The Labute approximate surface area is 128 Å². The lowest BCUT2D eigenvalue weighted by Crippen LogP contribution is -2.21. The second-order valence-electron chi connectivity index (χ2n) is 6.18. The van der Waals surface area contributed by atoms with Crippen LogP contribution in [0, 0.1) is 13.8 Å². The summed E-state index contributed by atoms with van der Waals surface area (Å²) in [4.78, 5) is 7.11. The molecule has 0 spiro atoms. The Balaban J connectivity index is 2.51. The number of benzene rings is 1. The summed E-state index contributed by atoms with van der Waals surface area (Å²) in [5, 5.41) is 0. The van der Waals surface area contributed by atoms with E-state index >= 15 is 0 Å². The Morgan fingerprint density at radius 3 is 2.48 bits per heavy atom. The third kappa shape index (κ3) is 3.27. The van der Waals surface area contributed by atoms with Gasteiger partial charge in [0.25, 0.3) is 0 Å². The molecule has 0 fully saturated rings. The van der Waals surface area contributed by atoms with Gasteiger partial charge in [-0.05, 0) is 77.5 Å². The molecule has 0 radical (unpaired) electrons. The van der Waals surface area contributed by atoms with Crippen molar-refractivity contribution in [2.24, 2.45) is 5.73 Å². The number of nitrogens with zero attached hydrogens (tertiary/aromatic N) is 3. The van der Waals surface area contributed by atoms with Gasteiger partial charge in [-0.25, -0.2) is 4.98 Å². The van der Waals surface area contributed by atoms with Gasteiger partial charge in [0.2, 0.25) is 0 Å². The van der Waals surface area contributed by atoms with Gasteiger partial charge in [-0.3, -0.25) is 4.90 Å². The maximum absolute atomic E-state index is 5.64. The number of fused-ring (bicyclic) bond motifs is 1. The van der Waals surface area contributed by atoms with Crippen LogP contribution in [0.1, 0.15) is 42.8 Å². The van der Waals surface area contributed by atoms with Gasteiger partial charge in [-0.15, -0.1) is 0 Å². The Bertz CT molecular complexity index is 613. The molecule has 0 aliphatic heterocycles. The number of unbranched alkanes of at least 4 members (excludes halogenated alkanes) is 1. The minimum atomic E-state index is 0.302. The molecule has 2 N–H and O–H groups in total. The topological polar surface area (TPSA) is 47.1 Å². The van der Waals surface area contributed by atoms with E-state index in [-0.39, 0.29) is 0 Å². The van der Waals surface area contributed by atoms with Crippen molar-refractivity contribution >= 4 is 11.0 Å². The molecule has 1 atom stereocenters. The summed E-state index contributed by atoms with van der Waals surface area (Å²) in [6.07, 6.45) is 2.16. The van der Waals surface area contributed by atoms with E-state index in [0.29, 0.717) is 6.04 Å². The molecule has 1 heterocycles. The van der Waals surface area contributed by atoms with Crippen LogP contribution >= 0.6 is 0 Å². The first-order chi connectivity index (χ1) is 9.95. The summed E-state index contributed by atoms with van der Waals surface area (Å²) in [6.45, 7) is 8.27. The fourth-order valence-corrected chi connectivity index (χ4v) is 2.60. The third-order valence-electron chi connectivity index (χ3n) is 4.38. The van der Waals surface area contributed by atoms with Gasteiger partial charge >= 0.3 is 0 Å². The smallest absolute Gasteiger partial charge is 0.126 e. The molecule has 0 saturated carbocycles. The highest BCUT2D eigenvalue weighted by Crippen LogP contribution is 2.26.